The van der Waals surface area contributed by atoms with Crippen LogP contribution in [0.5, 0.6) is 0 Å². The first-order valence-corrected chi connectivity index (χ1v) is 5.49. The van der Waals surface area contributed by atoms with Crippen molar-refractivity contribution in [2.45, 2.75) is 5.22 Å². The highest BCUT2D eigenvalue weighted by molar-refractivity contribution is 7.99. The highest BCUT2D eigenvalue weighted by atomic mass is 35.5. The predicted octanol–water partition coefficient (Wildman–Crippen LogP) is 2.06. The SMILES string of the molecule is NC(=O)CSc1nc2ccc(Cl)cc2o1. The molecule has 0 aliphatic rings. The Morgan fingerprint density at radius 3 is 3.13 bits per heavy atom. The third kappa shape index (κ3) is 2.43. The second-order valence-corrected chi connectivity index (χ2v) is 4.21. The molecule has 0 aliphatic heterocycles. The molecule has 0 saturated carbocycles. The van der Waals surface area contributed by atoms with Crippen LogP contribution in [0.15, 0.2) is 27.8 Å². The molecule has 0 radical (unpaired) electrons. The van der Waals surface area contributed by atoms with Crippen LogP contribution in [0.1, 0.15) is 0 Å². The highest BCUT2D eigenvalue weighted by Gasteiger charge is 2.07. The van der Waals surface area contributed by atoms with Gasteiger partial charge in [-0.15, -0.1) is 0 Å². The van der Waals surface area contributed by atoms with Crippen molar-refractivity contribution in [3.63, 3.8) is 0 Å². The average Bonchev–Trinajstić information content (AvgIpc) is 2.56. The van der Waals surface area contributed by atoms with Crippen LogP contribution in [0, 0.1) is 0 Å². The topological polar surface area (TPSA) is 69.1 Å². The number of thioether (sulfide) groups is 1. The molecule has 78 valence electrons. The van der Waals surface area contributed by atoms with Gasteiger partial charge in [-0.25, -0.2) is 4.98 Å². The van der Waals surface area contributed by atoms with E-state index >= 15 is 0 Å². The summed E-state index contributed by atoms with van der Waals surface area (Å²) >= 11 is 6.95. The van der Waals surface area contributed by atoms with E-state index in [1.54, 1.807) is 18.2 Å². The first kappa shape index (κ1) is 10.3. The van der Waals surface area contributed by atoms with Crippen LogP contribution in [-0.2, 0) is 4.79 Å². The Bertz CT molecular complexity index is 512. The molecule has 4 nitrogen and oxygen atoms in total. The van der Waals surface area contributed by atoms with Crippen molar-refractivity contribution in [1.82, 2.24) is 4.98 Å². The fraction of sp³-hybridized carbons (Fsp3) is 0.111. The number of oxazole rings is 1. The molecule has 1 aromatic heterocycles. The molecule has 15 heavy (non-hydrogen) atoms. The van der Waals surface area contributed by atoms with E-state index in [0.717, 1.165) is 11.8 Å². The molecule has 0 unspecified atom stereocenters. The number of nitrogens with two attached hydrogens (primary N) is 1. The number of carbonyl (C=O) groups is 1. The number of rotatable bonds is 3. The third-order valence-electron chi connectivity index (χ3n) is 1.67. The van der Waals surface area contributed by atoms with Gasteiger partial charge in [-0.1, -0.05) is 23.4 Å². The molecule has 0 bridgehead atoms. The van der Waals surface area contributed by atoms with Gasteiger partial charge in [0.25, 0.3) is 5.22 Å². The van der Waals surface area contributed by atoms with E-state index in [1.807, 2.05) is 0 Å². The number of nitrogens with zero attached hydrogens (tertiary/aromatic N) is 1. The number of fused-ring (bicyclic) bond motifs is 1. The molecular formula is C9H7ClN2O2S. The number of hydrogen-bond acceptors (Lipinski definition) is 4. The Morgan fingerprint density at radius 2 is 2.40 bits per heavy atom. The van der Waals surface area contributed by atoms with E-state index in [9.17, 15) is 4.79 Å². The lowest BCUT2D eigenvalue weighted by Crippen LogP contribution is -2.12. The number of benzene rings is 1. The van der Waals surface area contributed by atoms with Gasteiger partial charge in [-0.05, 0) is 12.1 Å². The van der Waals surface area contributed by atoms with Crippen molar-refractivity contribution in [3.8, 4) is 0 Å². The molecule has 6 heteroatoms. The summed E-state index contributed by atoms with van der Waals surface area (Å²) in [5, 5.41) is 1.01. The van der Waals surface area contributed by atoms with Gasteiger partial charge in [0, 0.05) is 11.1 Å². The molecule has 1 aromatic carbocycles. The standard InChI is InChI=1S/C9H7ClN2O2S/c10-5-1-2-6-7(3-5)14-9(12-6)15-4-8(11)13/h1-3H,4H2,(H2,11,13). The Kier molecular flexibility index (Phi) is 2.83. The maximum atomic E-state index is 10.6. The summed E-state index contributed by atoms with van der Waals surface area (Å²) < 4.78 is 5.36. The van der Waals surface area contributed by atoms with Gasteiger partial charge in [0.05, 0.1) is 5.75 Å². The van der Waals surface area contributed by atoms with Gasteiger partial charge in [-0.3, -0.25) is 4.79 Å². The van der Waals surface area contributed by atoms with Gasteiger partial charge >= 0.3 is 0 Å². The summed E-state index contributed by atoms with van der Waals surface area (Å²) in [5.74, 6) is -0.249. The van der Waals surface area contributed by atoms with Gasteiger partial charge in [0.15, 0.2) is 5.58 Å². The Morgan fingerprint density at radius 1 is 1.60 bits per heavy atom. The summed E-state index contributed by atoms with van der Waals surface area (Å²) in [5.41, 5.74) is 6.33. The zero-order valence-electron chi connectivity index (χ0n) is 7.57. The minimum Gasteiger partial charge on any atom is -0.431 e. The van der Waals surface area contributed by atoms with Gasteiger partial charge < -0.3 is 10.2 Å². The lowest BCUT2D eigenvalue weighted by atomic mass is 10.3. The van der Waals surface area contributed by atoms with E-state index in [-0.39, 0.29) is 5.75 Å². The Balaban J connectivity index is 2.27. The number of hydrogen-bond donors (Lipinski definition) is 1. The molecule has 0 fully saturated rings. The number of primary amides is 1. The molecular weight excluding hydrogens is 236 g/mol. The van der Waals surface area contributed by atoms with Crippen molar-refractivity contribution >= 4 is 40.4 Å². The second kappa shape index (κ2) is 4.12. The minimum absolute atomic E-state index is 0.153. The number of amides is 1. The molecule has 0 saturated heterocycles. The van der Waals surface area contributed by atoms with Crippen LogP contribution in [0.4, 0.5) is 0 Å². The fourth-order valence-electron chi connectivity index (χ4n) is 1.07. The lowest BCUT2D eigenvalue weighted by Gasteiger charge is -1.89. The number of halogens is 1. The van der Waals surface area contributed by atoms with Crippen LogP contribution >= 0.6 is 23.4 Å². The van der Waals surface area contributed by atoms with Crippen molar-refractivity contribution in [1.29, 1.82) is 0 Å². The summed E-state index contributed by atoms with van der Waals surface area (Å²) in [6.07, 6.45) is 0. The van der Waals surface area contributed by atoms with Crippen molar-refractivity contribution in [2.75, 3.05) is 5.75 Å². The van der Waals surface area contributed by atoms with E-state index in [0.29, 0.717) is 21.3 Å². The van der Waals surface area contributed by atoms with E-state index in [1.165, 1.54) is 0 Å². The molecule has 2 N–H and O–H groups in total. The summed E-state index contributed by atoms with van der Waals surface area (Å²) in [6, 6.07) is 5.17. The van der Waals surface area contributed by atoms with Gasteiger partial charge in [-0.2, -0.15) is 0 Å². The quantitative estimate of drug-likeness (QED) is 0.837. The Hall–Kier alpha value is -1.20. The zero-order valence-corrected chi connectivity index (χ0v) is 9.14. The van der Waals surface area contributed by atoms with Crippen LogP contribution in [-0.4, -0.2) is 16.6 Å². The first-order valence-electron chi connectivity index (χ1n) is 4.12. The highest BCUT2D eigenvalue weighted by Crippen LogP contribution is 2.25. The molecule has 1 amide bonds. The normalized spacial score (nSPS) is 10.7. The first-order chi connectivity index (χ1) is 7.15. The van der Waals surface area contributed by atoms with Crippen LogP contribution in [0.3, 0.4) is 0 Å². The molecule has 2 rings (SSSR count). The fourth-order valence-corrected chi connectivity index (χ4v) is 1.81. The van der Waals surface area contributed by atoms with Crippen molar-refractivity contribution in [2.24, 2.45) is 5.73 Å². The molecule has 2 aromatic rings. The summed E-state index contributed by atoms with van der Waals surface area (Å²) in [4.78, 5) is 14.7. The monoisotopic (exact) mass is 242 g/mol. The number of carbonyl (C=O) groups excluding carboxylic acids is 1. The van der Waals surface area contributed by atoms with Crippen LogP contribution in [0.25, 0.3) is 11.1 Å². The van der Waals surface area contributed by atoms with E-state index in [4.69, 9.17) is 21.8 Å². The molecule has 1 heterocycles. The summed E-state index contributed by atoms with van der Waals surface area (Å²) in [6.45, 7) is 0. The maximum absolute atomic E-state index is 10.6. The summed E-state index contributed by atoms with van der Waals surface area (Å²) in [7, 11) is 0. The predicted molar refractivity (Wildman–Crippen MR) is 58.9 cm³/mol. The average molecular weight is 243 g/mol. The molecule has 0 spiro atoms. The third-order valence-corrected chi connectivity index (χ3v) is 2.75. The zero-order chi connectivity index (χ0) is 10.8. The van der Waals surface area contributed by atoms with Crippen LogP contribution in [0.2, 0.25) is 5.02 Å². The number of aromatic nitrogens is 1. The van der Waals surface area contributed by atoms with Crippen molar-refractivity contribution < 1.29 is 9.21 Å². The molecule has 0 aliphatic carbocycles. The van der Waals surface area contributed by atoms with Crippen LogP contribution < -0.4 is 5.73 Å². The lowest BCUT2D eigenvalue weighted by molar-refractivity contribution is -0.115. The minimum atomic E-state index is -0.403. The van der Waals surface area contributed by atoms with Gasteiger partial charge in [0.1, 0.15) is 5.52 Å². The smallest absolute Gasteiger partial charge is 0.257 e. The van der Waals surface area contributed by atoms with E-state index in [2.05, 4.69) is 4.98 Å². The largest absolute Gasteiger partial charge is 0.431 e. The van der Waals surface area contributed by atoms with Gasteiger partial charge in [0.2, 0.25) is 5.91 Å². The second-order valence-electron chi connectivity index (χ2n) is 2.85. The maximum Gasteiger partial charge on any atom is 0.257 e. The van der Waals surface area contributed by atoms with E-state index < -0.39 is 5.91 Å². The van der Waals surface area contributed by atoms with Crippen molar-refractivity contribution in [3.05, 3.63) is 23.2 Å². The molecule has 0 atom stereocenters. The Labute approximate surface area is 94.8 Å².